The summed E-state index contributed by atoms with van der Waals surface area (Å²) in [6.07, 6.45) is 1.27. The van der Waals surface area contributed by atoms with Gasteiger partial charge in [0.1, 0.15) is 0 Å². The second-order valence-electron chi connectivity index (χ2n) is 4.73. The monoisotopic (exact) mass is 295 g/mol. The Morgan fingerprint density at radius 2 is 1.55 bits per heavy atom. The molecular formula is C13H14F5NO. The Morgan fingerprint density at radius 3 is 2.00 bits per heavy atom. The number of hydrogen-bond donors (Lipinski definition) is 1. The molecule has 2 rings (SSSR count). The van der Waals surface area contributed by atoms with E-state index in [0.29, 0.717) is 19.4 Å². The zero-order valence-corrected chi connectivity index (χ0v) is 10.8. The minimum atomic E-state index is -2.14. The molecule has 7 heteroatoms. The first-order valence-corrected chi connectivity index (χ1v) is 6.25. The van der Waals surface area contributed by atoms with Crippen molar-refractivity contribution in [3.8, 4) is 0 Å². The summed E-state index contributed by atoms with van der Waals surface area (Å²) in [6.45, 7) is 0.745. The lowest BCUT2D eigenvalue weighted by atomic mass is 9.88. The van der Waals surface area contributed by atoms with Gasteiger partial charge in [0.2, 0.25) is 5.82 Å². The first-order chi connectivity index (χ1) is 9.49. The summed E-state index contributed by atoms with van der Waals surface area (Å²) < 4.78 is 72.3. The molecule has 2 unspecified atom stereocenters. The summed E-state index contributed by atoms with van der Waals surface area (Å²) in [4.78, 5) is 0. The van der Waals surface area contributed by atoms with Crippen molar-refractivity contribution in [3.63, 3.8) is 0 Å². The molecule has 1 aromatic carbocycles. The second-order valence-corrected chi connectivity index (χ2v) is 4.73. The highest BCUT2D eigenvalue weighted by Crippen LogP contribution is 2.34. The Morgan fingerprint density at radius 1 is 1.00 bits per heavy atom. The average Bonchev–Trinajstić information content (AvgIpc) is 2.48. The largest absolute Gasteiger partial charge is 0.381 e. The van der Waals surface area contributed by atoms with Gasteiger partial charge in [-0.25, -0.2) is 22.0 Å². The molecule has 0 aromatic heterocycles. The first kappa shape index (κ1) is 15.2. The molecule has 112 valence electrons. The molecule has 0 aliphatic carbocycles. The number of nitrogens with one attached hydrogen (secondary N) is 1. The van der Waals surface area contributed by atoms with E-state index in [1.165, 1.54) is 7.05 Å². The van der Waals surface area contributed by atoms with Gasteiger partial charge in [-0.3, -0.25) is 0 Å². The van der Waals surface area contributed by atoms with Crippen LogP contribution in [0.4, 0.5) is 22.0 Å². The van der Waals surface area contributed by atoms with E-state index in [-0.39, 0.29) is 12.5 Å². The molecule has 0 bridgehead atoms. The van der Waals surface area contributed by atoms with Gasteiger partial charge in [0, 0.05) is 24.1 Å². The first-order valence-electron chi connectivity index (χ1n) is 6.25. The third-order valence-corrected chi connectivity index (χ3v) is 3.53. The fourth-order valence-corrected chi connectivity index (χ4v) is 2.54. The third kappa shape index (κ3) is 2.52. The minimum absolute atomic E-state index is 0.213. The molecule has 1 saturated heterocycles. The Bertz CT molecular complexity index is 473. The predicted molar refractivity (Wildman–Crippen MR) is 61.6 cm³/mol. The number of benzene rings is 1. The molecular weight excluding hydrogens is 281 g/mol. The van der Waals surface area contributed by atoms with Crippen LogP contribution in [0.5, 0.6) is 0 Å². The molecule has 20 heavy (non-hydrogen) atoms. The number of ether oxygens (including phenoxy) is 1. The van der Waals surface area contributed by atoms with Gasteiger partial charge in [-0.05, 0) is 19.9 Å². The second kappa shape index (κ2) is 6.05. The highest BCUT2D eigenvalue weighted by atomic mass is 19.2. The van der Waals surface area contributed by atoms with Crippen molar-refractivity contribution >= 4 is 0 Å². The lowest BCUT2D eigenvalue weighted by molar-refractivity contribution is 0.0388. The normalized spacial score (nSPS) is 21.0. The molecule has 2 atom stereocenters. The zero-order chi connectivity index (χ0) is 14.9. The van der Waals surface area contributed by atoms with Gasteiger partial charge in [-0.2, -0.15) is 0 Å². The van der Waals surface area contributed by atoms with E-state index in [0.717, 1.165) is 0 Å². The SMILES string of the molecule is CNC(c1c(F)c(F)c(F)c(F)c1F)C1CCCOC1. The minimum Gasteiger partial charge on any atom is -0.381 e. The van der Waals surface area contributed by atoms with E-state index in [4.69, 9.17) is 4.74 Å². The van der Waals surface area contributed by atoms with E-state index in [1.54, 1.807) is 0 Å². The lowest BCUT2D eigenvalue weighted by Gasteiger charge is -2.30. The van der Waals surface area contributed by atoms with Crippen molar-refractivity contribution in [1.29, 1.82) is 0 Å². The quantitative estimate of drug-likeness (QED) is 0.526. The fourth-order valence-electron chi connectivity index (χ4n) is 2.54. The molecule has 1 aromatic rings. The Hall–Kier alpha value is -1.21. The molecule has 1 aliphatic rings. The van der Waals surface area contributed by atoms with Gasteiger partial charge in [0.25, 0.3) is 0 Å². The summed E-state index contributed by atoms with van der Waals surface area (Å²) in [5, 5.41) is 2.63. The molecule has 1 heterocycles. The van der Waals surface area contributed by atoms with Crippen LogP contribution in [-0.4, -0.2) is 20.3 Å². The van der Waals surface area contributed by atoms with Crippen molar-refractivity contribution in [2.75, 3.05) is 20.3 Å². The summed E-state index contributed by atoms with van der Waals surface area (Å²) in [5.41, 5.74) is -0.820. The van der Waals surface area contributed by atoms with Gasteiger partial charge in [-0.15, -0.1) is 0 Å². The van der Waals surface area contributed by atoms with Crippen LogP contribution in [0.25, 0.3) is 0 Å². The highest BCUT2D eigenvalue weighted by molar-refractivity contribution is 5.27. The maximum atomic E-state index is 13.8. The summed E-state index contributed by atoms with van der Waals surface area (Å²) in [7, 11) is 1.41. The van der Waals surface area contributed by atoms with Crippen LogP contribution in [0.2, 0.25) is 0 Å². The van der Waals surface area contributed by atoms with Crippen LogP contribution in [0.1, 0.15) is 24.4 Å². The van der Waals surface area contributed by atoms with E-state index in [9.17, 15) is 22.0 Å². The molecule has 0 radical (unpaired) electrons. The topological polar surface area (TPSA) is 21.3 Å². The number of hydrogen-bond acceptors (Lipinski definition) is 2. The third-order valence-electron chi connectivity index (χ3n) is 3.53. The number of halogens is 5. The van der Waals surface area contributed by atoms with Crippen molar-refractivity contribution in [2.24, 2.45) is 5.92 Å². The Balaban J connectivity index is 2.48. The van der Waals surface area contributed by atoms with E-state index in [2.05, 4.69) is 5.32 Å². The van der Waals surface area contributed by atoms with Gasteiger partial charge in [-0.1, -0.05) is 0 Å². The maximum absolute atomic E-state index is 13.8. The van der Waals surface area contributed by atoms with Crippen LogP contribution in [0.3, 0.4) is 0 Å². The summed E-state index contributed by atoms with van der Waals surface area (Å²) in [6, 6.07) is -0.986. The zero-order valence-electron chi connectivity index (χ0n) is 10.8. The summed E-state index contributed by atoms with van der Waals surface area (Å²) >= 11 is 0. The average molecular weight is 295 g/mol. The summed E-state index contributed by atoms with van der Waals surface area (Å²) in [5.74, 6) is -9.90. The Kier molecular flexibility index (Phi) is 4.59. The van der Waals surface area contributed by atoms with Crippen LogP contribution < -0.4 is 5.32 Å². The lowest BCUT2D eigenvalue weighted by Crippen LogP contribution is -2.33. The standard InChI is InChI=1S/C13H14F5NO/c1-19-13(6-3-2-4-20-5-6)7-8(14)10(16)12(18)11(17)9(7)15/h6,13,19H,2-5H2,1H3. The van der Waals surface area contributed by atoms with E-state index >= 15 is 0 Å². The molecule has 0 amide bonds. The molecule has 1 aliphatic heterocycles. The van der Waals surface area contributed by atoms with Crippen molar-refractivity contribution < 1.29 is 26.7 Å². The highest BCUT2D eigenvalue weighted by Gasteiger charge is 2.34. The number of rotatable bonds is 3. The van der Waals surface area contributed by atoms with Crippen LogP contribution in [0, 0.1) is 35.0 Å². The Labute approximate surface area is 112 Å². The van der Waals surface area contributed by atoms with Crippen LogP contribution >= 0.6 is 0 Å². The van der Waals surface area contributed by atoms with Gasteiger partial charge >= 0.3 is 0 Å². The van der Waals surface area contributed by atoms with Crippen molar-refractivity contribution in [2.45, 2.75) is 18.9 Å². The van der Waals surface area contributed by atoms with Gasteiger partial charge in [0.15, 0.2) is 23.3 Å². The van der Waals surface area contributed by atoms with Gasteiger partial charge < -0.3 is 10.1 Å². The van der Waals surface area contributed by atoms with E-state index in [1.807, 2.05) is 0 Å². The fraction of sp³-hybridized carbons (Fsp3) is 0.538. The molecule has 2 nitrogen and oxygen atoms in total. The van der Waals surface area contributed by atoms with Crippen molar-refractivity contribution in [3.05, 3.63) is 34.6 Å². The van der Waals surface area contributed by atoms with Crippen LogP contribution in [-0.2, 0) is 4.74 Å². The molecule has 1 fully saturated rings. The van der Waals surface area contributed by atoms with Crippen molar-refractivity contribution in [1.82, 2.24) is 5.32 Å². The smallest absolute Gasteiger partial charge is 0.200 e. The van der Waals surface area contributed by atoms with Gasteiger partial charge in [0.05, 0.1) is 6.61 Å². The van der Waals surface area contributed by atoms with Crippen LogP contribution in [0.15, 0.2) is 0 Å². The maximum Gasteiger partial charge on any atom is 0.200 e. The molecule has 0 spiro atoms. The van der Waals surface area contributed by atoms with E-state index < -0.39 is 40.7 Å². The molecule has 0 saturated carbocycles. The molecule has 1 N–H and O–H groups in total. The predicted octanol–water partition coefficient (Wildman–Crippen LogP) is 3.07.